The third kappa shape index (κ3) is 13.5. The molecular formula is C19H39NO3. The van der Waals surface area contributed by atoms with Crippen molar-refractivity contribution in [3.8, 4) is 0 Å². The van der Waals surface area contributed by atoms with Crippen LogP contribution in [-0.2, 0) is 4.79 Å². The van der Waals surface area contributed by atoms with Crippen molar-refractivity contribution < 1.29 is 15.0 Å². The zero-order valence-electron chi connectivity index (χ0n) is 15.4. The van der Waals surface area contributed by atoms with Gasteiger partial charge in [0.1, 0.15) is 0 Å². The second-order valence-corrected chi connectivity index (χ2v) is 6.69. The molecule has 0 heterocycles. The first kappa shape index (κ1) is 22.4. The third-order valence-electron chi connectivity index (χ3n) is 4.52. The van der Waals surface area contributed by atoms with Crippen molar-refractivity contribution in [2.24, 2.45) is 5.92 Å². The van der Waals surface area contributed by atoms with Crippen LogP contribution < -0.4 is 5.32 Å². The Kier molecular flexibility index (Phi) is 15.8. The Morgan fingerprint density at radius 1 is 0.870 bits per heavy atom. The van der Waals surface area contributed by atoms with Gasteiger partial charge in [-0.25, -0.2) is 0 Å². The summed E-state index contributed by atoms with van der Waals surface area (Å²) in [7, 11) is 0. The van der Waals surface area contributed by atoms with E-state index in [4.69, 9.17) is 5.11 Å². The lowest BCUT2D eigenvalue weighted by Gasteiger charge is -2.18. The fraction of sp³-hybridized carbons (Fsp3) is 0.947. The lowest BCUT2D eigenvalue weighted by atomic mass is 9.94. The predicted molar refractivity (Wildman–Crippen MR) is 96.8 cm³/mol. The Balaban J connectivity index is 3.89. The molecule has 23 heavy (non-hydrogen) atoms. The van der Waals surface area contributed by atoms with Gasteiger partial charge in [-0.15, -0.1) is 0 Å². The van der Waals surface area contributed by atoms with E-state index in [9.17, 15) is 9.90 Å². The van der Waals surface area contributed by atoms with E-state index in [1.54, 1.807) is 0 Å². The standard InChI is InChI=1S/C19H39NO3/c1-3-5-6-7-12-17(19(22)23)13-8-9-14-18(11-4-2)20-15-10-16-21/h17-18,20-21H,3-16H2,1-2H3,(H,22,23). The Morgan fingerprint density at radius 2 is 1.52 bits per heavy atom. The van der Waals surface area contributed by atoms with Crippen LogP contribution in [0.15, 0.2) is 0 Å². The topological polar surface area (TPSA) is 69.6 Å². The monoisotopic (exact) mass is 329 g/mol. The van der Waals surface area contributed by atoms with E-state index in [0.717, 1.165) is 70.8 Å². The number of aliphatic hydroxyl groups is 1. The van der Waals surface area contributed by atoms with Crippen molar-refractivity contribution >= 4 is 5.97 Å². The van der Waals surface area contributed by atoms with Crippen LogP contribution in [0.25, 0.3) is 0 Å². The van der Waals surface area contributed by atoms with Crippen LogP contribution in [0.1, 0.15) is 90.9 Å². The SMILES string of the molecule is CCCCCCC(CCCCC(CCC)NCCCO)C(=O)O. The number of unbranched alkanes of at least 4 members (excludes halogenated alkanes) is 4. The molecule has 4 heteroatoms. The Bertz CT molecular complexity index is 271. The maximum Gasteiger partial charge on any atom is 0.306 e. The molecule has 0 radical (unpaired) electrons. The molecule has 0 amide bonds. The lowest BCUT2D eigenvalue weighted by molar-refractivity contribution is -0.142. The number of hydrogen-bond donors (Lipinski definition) is 3. The van der Waals surface area contributed by atoms with Crippen molar-refractivity contribution in [3.05, 3.63) is 0 Å². The summed E-state index contributed by atoms with van der Waals surface area (Å²) in [5.74, 6) is -0.772. The van der Waals surface area contributed by atoms with Gasteiger partial charge in [-0.05, 0) is 38.6 Å². The molecule has 138 valence electrons. The maximum absolute atomic E-state index is 11.3. The molecule has 0 aliphatic carbocycles. The smallest absolute Gasteiger partial charge is 0.306 e. The fourth-order valence-corrected chi connectivity index (χ4v) is 3.07. The molecule has 0 aromatic heterocycles. The minimum atomic E-state index is -0.618. The van der Waals surface area contributed by atoms with Gasteiger partial charge < -0.3 is 15.5 Å². The second-order valence-electron chi connectivity index (χ2n) is 6.69. The van der Waals surface area contributed by atoms with Gasteiger partial charge in [0.25, 0.3) is 0 Å². The molecule has 3 N–H and O–H groups in total. The molecule has 0 saturated carbocycles. The van der Waals surface area contributed by atoms with Gasteiger partial charge in [-0.1, -0.05) is 58.8 Å². The number of aliphatic carboxylic acids is 1. The van der Waals surface area contributed by atoms with Gasteiger partial charge in [-0.2, -0.15) is 0 Å². The van der Waals surface area contributed by atoms with Gasteiger partial charge in [0.15, 0.2) is 0 Å². The minimum absolute atomic E-state index is 0.154. The lowest BCUT2D eigenvalue weighted by Crippen LogP contribution is -2.30. The van der Waals surface area contributed by atoms with Crippen LogP contribution in [0.3, 0.4) is 0 Å². The number of aliphatic hydroxyl groups excluding tert-OH is 1. The maximum atomic E-state index is 11.3. The molecule has 0 aromatic rings. The average molecular weight is 330 g/mol. The summed E-state index contributed by atoms with van der Waals surface area (Å²) in [6, 6.07) is 0.513. The van der Waals surface area contributed by atoms with Crippen LogP contribution in [0.2, 0.25) is 0 Å². The van der Waals surface area contributed by atoms with E-state index in [-0.39, 0.29) is 12.5 Å². The van der Waals surface area contributed by atoms with Gasteiger partial charge in [0, 0.05) is 12.6 Å². The van der Waals surface area contributed by atoms with Crippen molar-refractivity contribution in [1.82, 2.24) is 5.32 Å². The molecule has 4 nitrogen and oxygen atoms in total. The van der Waals surface area contributed by atoms with Crippen LogP contribution >= 0.6 is 0 Å². The molecule has 0 saturated heterocycles. The zero-order valence-corrected chi connectivity index (χ0v) is 15.4. The van der Waals surface area contributed by atoms with Crippen LogP contribution in [-0.4, -0.2) is 35.4 Å². The first-order valence-corrected chi connectivity index (χ1v) is 9.72. The van der Waals surface area contributed by atoms with Crippen LogP contribution in [0, 0.1) is 5.92 Å². The highest BCUT2D eigenvalue weighted by molar-refractivity contribution is 5.69. The summed E-state index contributed by atoms with van der Waals surface area (Å²) in [5.41, 5.74) is 0. The fourth-order valence-electron chi connectivity index (χ4n) is 3.07. The van der Waals surface area contributed by atoms with Crippen LogP contribution in [0.5, 0.6) is 0 Å². The van der Waals surface area contributed by atoms with E-state index in [1.165, 1.54) is 12.8 Å². The van der Waals surface area contributed by atoms with E-state index >= 15 is 0 Å². The molecule has 2 unspecified atom stereocenters. The molecule has 0 aromatic carbocycles. The minimum Gasteiger partial charge on any atom is -0.481 e. The van der Waals surface area contributed by atoms with Gasteiger partial charge >= 0.3 is 5.97 Å². The summed E-state index contributed by atoms with van der Waals surface area (Å²) < 4.78 is 0. The first-order valence-electron chi connectivity index (χ1n) is 9.72. The Labute approximate surface area is 143 Å². The van der Waals surface area contributed by atoms with Crippen molar-refractivity contribution in [3.63, 3.8) is 0 Å². The molecule has 0 spiro atoms. The number of hydrogen-bond acceptors (Lipinski definition) is 3. The molecule has 0 aliphatic heterocycles. The highest BCUT2D eigenvalue weighted by atomic mass is 16.4. The summed E-state index contributed by atoms with van der Waals surface area (Å²) in [6.45, 7) is 5.48. The first-order chi connectivity index (χ1) is 11.2. The Morgan fingerprint density at radius 3 is 2.09 bits per heavy atom. The van der Waals surface area contributed by atoms with Crippen molar-refractivity contribution in [2.45, 2.75) is 96.9 Å². The molecular weight excluding hydrogens is 290 g/mol. The van der Waals surface area contributed by atoms with E-state index in [0.29, 0.717) is 6.04 Å². The van der Waals surface area contributed by atoms with E-state index in [2.05, 4.69) is 19.2 Å². The van der Waals surface area contributed by atoms with Gasteiger partial charge in [0.2, 0.25) is 0 Å². The summed E-state index contributed by atoms with van der Waals surface area (Å²) in [4.78, 5) is 11.3. The van der Waals surface area contributed by atoms with Gasteiger partial charge in [0.05, 0.1) is 5.92 Å². The third-order valence-corrected chi connectivity index (χ3v) is 4.52. The summed E-state index contributed by atoms with van der Waals surface area (Å²) in [5, 5.41) is 21.7. The zero-order chi connectivity index (χ0) is 17.3. The molecule has 0 fully saturated rings. The largest absolute Gasteiger partial charge is 0.481 e. The number of rotatable bonds is 17. The highest BCUT2D eigenvalue weighted by Gasteiger charge is 2.16. The quantitative estimate of drug-likeness (QED) is 0.347. The van der Waals surface area contributed by atoms with E-state index in [1.807, 2.05) is 0 Å². The van der Waals surface area contributed by atoms with Crippen molar-refractivity contribution in [2.75, 3.05) is 13.2 Å². The molecule has 0 aliphatic rings. The van der Waals surface area contributed by atoms with Gasteiger partial charge in [-0.3, -0.25) is 4.79 Å². The second kappa shape index (κ2) is 16.3. The van der Waals surface area contributed by atoms with Crippen molar-refractivity contribution in [1.29, 1.82) is 0 Å². The van der Waals surface area contributed by atoms with Crippen LogP contribution in [0.4, 0.5) is 0 Å². The predicted octanol–water partition coefficient (Wildman–Crippen LogP) is 4.36. The number of carbonyl (C=O) groups is 1. The highest BCUT2D eigenvalue weighted by Crippen LogP contribution is 2.19. The number of nitrogens with one attached hydrogen (secondary N) is 1. The number of carboxylic acid groups (broad SMARTS) is 1. The number of carboxylic acids is 1. The molecule has 2 atom stereocenters. The molecule has 0 bridgehead atoms. The normalized spacial score (nSPS) is 13.9. The Hall–Kier alpha value is -0.610. The average Bonchev–Trinajstić information content (AvgIpc) is 2.53. The summed E-state index contributed by atoms with van der Waals surface area (Å²) >= 11 is 0. The summed E-state index contributed by atoms with van der Waals surface area (Å²) in [6.07, 6.45) is 12.6. The van der Waals surface area contributed by atoms with E-state index < -0.39 is 5.97 Å². The molecule has 0 rings (SSSR count).